The van der Waals surface area contributed by atoms with Gasteiger partial charge in [-0.3, -0.25) is 4.79 Å². The van der Waals surface area contributed by atoms with E-state index in [2.05, 4.69) is 63.2 Å². The summed E-state index contributed by atoms with van der Waals surface area (Å²) < 4.78 is 0.937. The molecule has 2 nitrogen and oxygen atoms in total. The third kappa shape index (κ3) is 5.29. The first-order valence-electron chi connectivity index (χ1n) is 10.4. The van der Waals surface area contributed by atoms with Crippen LogP contribution in [0.3, 0.4) is 0 Å². The smallest absolute Gasteiger partial charge is 0.191 e. The van der Waals surface area contributed by atoms with E-state index in [0.717, 1.165) is 24.1 Å². The van der Waals surface area contributed by atoms with Gasteiger partial charge in [-0.15, -0.1) is 0 Å². The van der Waals surface area contributed by atoms with E-state index < -0.39 is 0 Å². The molecule has 1 aliphatic heterocycles. The highest BCUT2D eigenvalue weighted by atomic mass is 16.1. The fourth-order valence-electron chi connectivity index (χ4n) is 4.82. The summed E-state index contributed by atoms with van der Waals surface area (Å²) in [5.74, 6) is 0.392. The van der Waals surface area contributed by atoms with Gasteiger partial charge in [0.15, 0.2) is 5.78 Å². The van der Waals surface area contributed by atoms with Gasteiger partial charge in [0.05, 0.1) is 13.1 Å². The van der Waals surface area contributed by atoms with Gasteiger partial charge in [0.1, 0.15) is 13.1 Å². The van der Waals surface area contributed by atoms with Gasteiger partial charge in [-0.05, 0) is 63.1 Å². The van der Waals surface area contributed by atoms with E-state index in [1.807, 2.05) is 0 Å². The van der Waals surface area contributed by atoms with Gasteiger partial charge in [0, 0.05) is 12.0 Å². The predicted octanol–water partition coefficient (Wildman–Crippen LogP) is 5.31. The minimum atomic E-state index is 0.392. The van der Waals surface area contributed by atoms with E-state index in [1.165, 1.54) is 53.5 Å². The Morgan fingerprint density at radius 2 is 1.48 bits per heavy atom. The van der Waals surface area contributed by atoms with Crippen molar-refractivity contribution >= 4 is 5.78 Å². The fraction of sp³-hybridized carbons (Fsp3) is 0.480. The summed E-state index contributed by atoms with van der Waals surface area (Å²) in [6, 6.07) is 15.1. The lowest BCUT2D eigenvalue weighted by Gasteiger charge is -2.37. The Bertz CT molecular complexity index is 747. The van der Waals surface area contributed by atoms with E-state index in [0.29, 0.717) is 18.7 Å². The number of benzene rings is 2. The summed E-state index contributed by atoms with van der Waals surface area (Å²) in [4.78, 5) is 13.2. The molecule has 1 heterocycles. The quantitative estimate of drug-likeness (QED) is 0.635. The molecule has 27 heavy (non-hydrogen) atoms. The van der Waals surface area contributed by atoms with Crippen LogP contribution in [0.2, 0.25) is 0 Å². The number of quaternary nitrogens is 1. The van der Waals surface area contributed by atoms with Crippen LogP contribution in [-0.2, 0) is 17.8 Å². The Kier molecular flexibility index (Phi) is 6.49. The Morgan fingerprint density at radius 3 is 2.07 bits per heavy atom. The van der Waals surface area contributed by atoms with Gasteiger partial charge >= 0.3 is 0 Å². The lowest BCUT2D eigenvalue weighted by Crippen LogP contribution is -2.51. The molecule has 2 aromatic rings. The summed E-state index contributed by atoms with van der Waals surface area (Å²) >= 11 is 0. The average Bonchev–Trinajstić information content (AvgIpc) is 2.84. The number of hydrogen-bond acceptors (Lipinski definition) is 1. The lowest BCUT2D eigenvalue weighted by atomic mass is 9.95. The van der Waals surface area contributed by atoms with Crippen LogP contribution >= 0.6 is 0 Å². The molecule has 0 aliphatic carbocycles. The van der Waals surface area contributed by atoms with E-state index in [1.54, 1.807) is 0 Å². The number of carbonyl (C=O) groups is 1. The molecule has 0 atom stereocenters. The molecular weight excluding hydrogens is 330 g/mol. The zero-order chi connectivity index (χ0) is 19.3. The number of Topliss-reactive ketones (excluding diaryl/α,β-unsaturated/α-hetero) is 1. The van der Waals surface area contributed by atoms with E-state index in [4.69, 9.17) is 0 Å². The van der Waals surface area contributed by atoms with E-state index in [9.17, 15) is 4.79 Å². The van der Waals surface area contributed by atoms with Crippen molar-refractivity contribution in [3.05, 3.63) is 70.3 Å². The minimum Gasteiger partial charge on any atom is -0.314 e. The molecule has 0 aromatic heterocycles. The second-order valence-electron chi connectivity index (χ2n) is 8.60. The molecule has 1 aliphatic rings. The first-order chi connectivity index (χ1) is 13.0. The lowest BCUT2D eigenvalue weighted by molar-refractivity contribution is -0.932. The third-order valence-electron chi connectivity index (χ3n) is 6.10. The van der Waals surface area contributed by atoms with Crippen molar-refractivity contribution < 1.29 is 9.28 Å². The molecule has 2 heteroatoms. The normalized spacial score (nSPS) is 16.7. The summed E-state index contributed by atoms with van der Waals surface area (Å²) in [5, 5.41) is 0. The molecule has 144 valence electrons. The Hall–Kier alpha value is -1.93. The maximum absolute atomic E-state index is 13.2. The van der Waals surface area contributed by atoms with Crippen LogP contribution in [0.25, 0.3) is 0 Å². The molecule has 2 aromatic carbocycles. The Morgan fingerprint density at radius 1 is 0.889 bits per heavy atom. The van der Waals surface area contributed by atoms with E-state index in [-0.39, 0.29) is 0 Å². The monoisotopic (exact) mass is 364 g/mol. The second kappa shape index (κ2) is 8.84. The molecule has 0 amide bonds. The van der Waals surface area contributed by atoms with Crippen LogP contribution in [0.4, 0.5) is 0 Å². The largest absolute Gasteiger partial charge is 0.314 e. The standard InChI is InChI=1S/C25H34NO/c1-20-15-21(2)25(22(3)16-20)17-24(27)19-26(13-9-4-5-10-14-26)18-23-11-7-6-8-12-23/h6-8,11-12,15-16H,4-5,9-10,13-14,17-19H2,1-3H3/q+1. The first kappa shape index (κ1) is 19.8. The summed E-state index contributed by atoms with van der Waals surface area (Å²) in [6.45, 7) is 10.3. The number of ketones is 1. The fourth-order valence-corrected chi connectivity index (χ4v) is 4.82. The number of likely N-dealkylation sites (tertiary alicyclic amines) is 1. The number of rotatable bonds is 6. The highest BCUT2D eigenvalue weighted by Gasteiger charge is 2.31. The van der Waals surface area contributed by atoms with Crippen LogP contribution in [-0.4, -0.2) is 29.9 Å². The van der Waals surface area contributed by atoms with Crippen molar-refractivity contribution in [2.75, 3.05) is 19.6 Å². The van der Waals surface area contributed by atoms with Crippen molar-refractivity contribution in [2.45, 2.75) is 59.4 Å². The number of nitrogens with zero attached hydrogens (tertiary/aromatic N) is 1. The van der Waals surface area contributed by atoms with Gasteiger partial charge in [-0.1, -0.05) is 48.0 Å². The van der Waals surface area contributed by atoms with Crippen LogP contribution in [0.15, 0.2) is 42.5 Å². The predicted molar refractivity (Wildman–Crippen MR) is 113 cm³/mol. The van der Waals surface area contributed by atoms with Gasteiger partial charge in [0.2, 0.25) is 0 Å². The molecule has 0 N–H and O–H groups in total. The minimum absolute atomic E-state index is 0.392. The zero-order valence-electron chi connectivity index (χ0n) is 17.3. The molecule has 0 saturated carbocycles. The van der Waals surface area contributed by atoms with Crippen molar-refractivity contribution in [1.82, 2.24) is 0 Å². The molecule has 0 radical (unpaired) electrons. The molecule has 1 fully saturated rings. The second-order valence-corrected chi connectivity index (χ2v) is 8.60. The number of hydrogen-bond donors (Lipinski definition) is 0. The van der Waals surface area contributed by atoms with E-state index >= 15 is 0 Å². The van der Waals surface area contributed by atoms with Crippen LogP contribution < -0.4 is 0 Å². The van der Waals surface area contributed by atoms with Gasteiger partial charge in [-0.25, -0.2) is 0 Å². The maximum atomic E-state index is 13.2. The molecule has 0 spiro atoms. The van der Waals surface area contributed by atoms with Crippen LogP contribution in [0.1, 0.15) is 53.5 Å². The SMILES string of the molecule is Cc1cc(C)c(CC(=O)C[N+]2(Cc3ccccc3)CCCCCC2)c(C)c1. The first-order valence-corrected chi connectivity index (χ1v) is 10.4. The van der Waals surface area contributed by atoms with Crippen LogP contribution in [0, 0.1) is 20.8 Å². The highest BCUT2D eigenvalue weighted by molar-refractivity contribution is 5.82. The summed E-state index contributed by atoms with van der Waals surface area (Å²) in [7, 11) is 0. The van der Waals surface area contributed by atoms with Gasteiger partial charge in [-0.2, -0.15) is 0 Å². The van der Waals surface area contributed by atoms with Crippen LogP contribution in [0.5, 0.6) is 0 Å². The number of carbonyl (C=O) groups excluding carboxylic acids is 1. The Labute approximate surface area is 164 Å². The molecular formula is C25H34NO+. The molecule has 3 rings (SSSR count). The number of aryl methyl sites for hydroxylation is 3. The van der Waals surface area contributed by atoms with Crippen molar-refractivity contribution in [1.29, 1.82) is 0 Å². The highest BCUT2D eigenvalue weighted by Crippen LogP contribution is 2.24. The summed E-state index contributed by atoms with van der Waals surface area (Å²) in [5.41, 5.74) is 6.38. The average molecular weight is 365 g/mol. The topological polar surface area (TPSA) is 17.1 Å². The molecule has 0 unspecified atom stereocenters. The molecule has 0 bridgehead atoms. The van der Waals surface area contributed by atoms with Crippen molar-refractivity contribution in [3.63, 3.8) is 0 Å². The van der Waals surface area contributed by atoms with Crippen molar-refractivity contribution in [2.24, 2.45) is 0 Å². The van der Waals surface area contributed by atoms with Gasteiger partial charge in [0.25, 0.3) is 0 Å². The van der Waals surface area contributed by atoms with Gasteiger partial charge < -0.3 is 4.48 Å². The maximum Gasteiger partial charge on any atom is 0.191 e. The summed E-state index contributed by atoms with van der Waals surface area (Å²) in [6.07, 6.45) is 5.66. The third-order valence-corrected chi connectivity index (χ3v) is 6.10. The van der Waals surface area contributed by atoms with Crippen molar-refractivity contribution in [3.8, 4) is 0 Å². The Balaban J connectivity index is 1.78. The molecule has 1 saturated heterocycles. The zero-order valence-corrected chi connectivity index (χ0v) is 17.3.